The van der Waals surface area contributed by atoms with E-state index in [9.17, 15) is 4.79 Å². The number of aryl methyl sites for hydroxylation is 1. The number of hydrogen-bond acceptors (Lipinski definition) is 4. The van der Waals surface area contributed by atoms with Crippen LogP contribution in [-0.4, -0.2) is 44.7 Å². The Balaban J connectivity index is 1.46. The van der Waals surface area contributed by atoms with Gasteiger partial charge in [0, 0.05) is 25.6 Å². The Morgan fingerprint density at radius 1 is 1.25 bits per heavy atom. The lowest BCUT2D eigenvalue weighted by Gasteiger charge is -2.36. The van der Waals surface area contributed by atoms with Gasteiger partial charge in [-0.25, -0.2) is 4.98 Å². The number of carbonyl (C=O) groups excluding carboxylic acids is 1. The van der Waals surface area contributed by atoms with Crippen molar-refractivity contribution in [1.29, 1.82) is 0 Å². The van der Waals surface area contributed by atoms with Gasteiger partial charge >= 0.3 is 0 Å². The third-order valence-corrected chi connectivity index (χ3v) is 4.55. The summed E-state index contributed by atoms with van der Waals surface area (Å²) in [5, 5.41) is 7.10. The van der Waals surface area contributed by atoms with Gasteiger partial charge < -0.3 is 5.32 Å². The fourth-order valence-electron chi connectivity index (χ4n) is 3.20. The van der Waals surface area contributed by atoms with Crippen LogP contribution >= 0.6 is 0 Å². The molecule has 6 heteroatoms. The molecule has 1 aromatic heterocycles. The highest BCUT2D eigenvalue weighted by Gasteiger charge is 2.22. The molecule has 0 bridgehead atoms. The van der Waals surface area contributed by atoms with Gasteiger partial charge in [0.25, 0.3) is 0 Å². The monoisotopic (exact) mass is 327 g/mol. The maximum Gasteiger partial charge on any atom is 0.221 e. The van der Waals surface area contributed by atoms with Gasteiger partial charge in [-0.1, -0.05) is 36.8 Å². The summed E-state index contributed by atoms with van der Waals surface area (Å²) >= 11 is 0. The van der Waals surface area contributed by atoms with Crippen molar-refractivity contribution in [2.75, 3.05) is 13.1 Å². The Labute approximate surface area is 142 Å². The van der Waals surface area contributed by atoms with Crippen LogP contribution < -0.4 is 5.32 Å². The predicted molar refractivity (Wildman–Crippen MR) is 92.1 cm³/mol. The van der Waals surface area contributed by atoms with Crippen molar-refractivity contribution < 1.29 is 4.79 Å². The highest BCUT2D eigenvalue weighted by molar-refractivity contribution is 5.75. The van der Waals surface area contributed by atoms with Gasteiger partial charge in [0.15, 0.2) is 0 Å². The van der Waals surface area contributed by atoms with Crippen LogP contribution in [0.1, 0.15) is 31.2 Å². The molecule has 0 spiro atoms. The van der Waals surface area contributed by atoms with Crippen LogP contribution in [0.3, 0.4) is 0 Å². The Morgan fingerprint density at radius 2 is 2.12 bits per heavy atom. The first-order valence-electron chi connectivity index (χ1n) is 8.68. The van der Waals surface area contributed by atoms with Crippen molar-refractivity contribution in [3.63, 3.8) is 0 Å². The Kier molecular flexibility index (Phi) is 5.96. The molecule has 1 saturated heterocycles. The van der Waals surface area contributed by atoms with Gasteiger partial charge in [-0.05, 0) is 24.9 Å². The van der Waals surface area contributed by atoms with Gasteiger partial charge in [-0.2, -0.15) is 5.10 Å². The molecule has 1 N–H and O–H groups in total. The number of aromatic nitrogens is 3. The van der Waals surface area contributed by atoms with E-state index in [0.29, 0.717) is 19.0 Å². The van der Waals surface area contributed by atoms with Crippen molar-refractivity contribution in [3.8, 4) is 0 Å². The van der Waals surface area contributed by atoms with E-state index in [4.69, 9.17) is 0 Å². The SMILES string of the molecule is O=C(CCn1cncn1)NCC1CCCCN1Cc1ccccc1. The summed E-state index contributed by atoms with van der Waals surface area (Å²) in [5.41, 5.74) is 1.34. The Morgan fingerprint density at radius 3 is 2.92 bits per heavy atom. The molecule has 0 radical (unpaired) electrons. The molecule has 0 saturated carbocycles. The zero-order chi connectivity index (χ0) is 16.6. The Bertz CT molecular complexity index is 614. The lowest BCUT2D eigenvalue weighted by Crippen LogP contribution is -2.46. The van der Waals surface area contributed by atoms with E-state index in [2.05, 4.69) is 44.6 Å². The molecule has 1 aromatic carbocycles. The summed E-state index contributed by atoms with van der Waals surface area (Å²) in [4.78, 5) is 18.4. The van der Waals surface area contributed by atoms with Crippen LogP contribution in [0.25, 0.3) is 0 Å². The topological polar surface area (TPSA) is 63.1 Å². The maximum absolute atomic E-state index is 12.1. The van der Waals surface area contributed by atoms with Crippen molar-refractivity contribution in [3.05, 3.63) is 48.5 Å². The molecule has 2 aromatic rings. The largest absolute Gasteiger partial charge is 0.354 e. The zero-order valence-corrected chi connectivity index (χ0v) is 14.0. The van der Waals surface area contributed by atoms with Crippen LogP contribution in [0, 0.1) is 0 Å². The summed E-state index contributed by atoms with van der Waals surface area (Å²) < 4.78 is 1.68. The molecule has 1 atom stereocenters. The number of benzene rings is 1. The van der Waals surface area contributed by atoms with Gasteiger partial charge in [0.2, 0.25) is 5.91 Å². The van der Waals surface area contributed by atoms with Crippen molar-refractivity contribution in [1.82, 2.24) is 25.0 Å². The van der Waals surface area contributed by atoms with Crippen LogP contribution in [0.15, 0.2) is 43.0 Å². The number of carbonyl (C=O) groups is 1. The molecule has 24 heavy (non-hydrogen) atoms. The molecule has 0 aliphatic carbocycles. The molecule has 2 heterocycles. The Hall–Kier alpha value is -2.21. The molecule has 1 fully saturated rings. The average molecular weight is 327 g/mol. The van der Waals surface area contributed by atoms with Crippen molar-refractivity contribution in [2.45, 2.75) is 44.8 Å². The van der Waals surface area contributed by atoms with Gasteiger partial charge in [-0.3, -0.25) is 14.4 Å². The predicted octanol–water partition coefficient (Wildman–Crippen LogP) is 1.84. The van der Waals surface area contributed by atoms with Crippen LogP contribution in [0.5, 0.6) is 0 Å². The smallest absolute Gasteiger partial charge is 0.221 e. The van der Waals surface area contributed by atoms with E-state index in [0.717, 1.165) is 26.1 Å². The van der Waals surface area contributed by atoms with Crippen molar-refractivity contribution in [2.24, 2.45) is 0 Å². The quantitative estimate of drug-likeness (QED) is 0.843. The highest BCUT2D eigenvalue weighted by Crippen LogP contribution is 2.19. The van der Waals surface area contributed by atoms with Gasteiger partial charge in [0.05, 0.1) is 6.54 Å². The van der Waals surface area contributed by atoms with E-state index in [1.807, 2.05) is 6.07 Å². The number of likely N-dealkylation sites (tertiary alicyclic amines) is 1. The standard InChI is InChI=1S/C18H25N5O/c24-18(9-11-23-15-19-14-21-23)20-12-17-8-4-5-10-22(17)13-16-6-2-1-3-7-16/h1-3,6-7,14-15,17H,4-5,8-13H2,(H,20,24). The third-order valence-electron chi connectivity index (χ3n) is 4.55. The normalized spacial score (nSPS) is 18.4. The minimum absolute atomic E-state index is 0.0794. The average Bonchev–Trinajstić information content (AvgIpc) is 3.14. The van der Waals surface area contributed by atoms with E-state index >= 15 is 0 Å². The van der Waals surface area contributed by atoms with Crippen molar-refractivity contribution >= 4 is 5.91 Å². The molecule has 1 aliphatic heterocycles. The second kappa shape index (κ2) is 8.59. The summed E-state index contributed by atoms with van der Waals surface area (Å²) in [6.45, 7) is 3.36. The van der Waals surface area contributed by atoms with E-state index < -0.39 is 0 Å². The minimum Gasteiger partial charge on any atom is -0.354 e. The van der Waals surface area contributed by atoms with E-state index in [1.54, 1.807) is 11.0 Å². The minimum atomic E-state index is 0.0794. The summed E-state index contributed by atoms with van der Waals surface area (Å²) in [7, 11) is 0. The molecule has 3 rings (SSSR count). The summed E-state index contributed by atoms with van der Waals surface area (Å²) in [6, 6.07) is 11.0. The van der Waals surface area contributed by atoms with Gasteiger partial charge in [0.1, 0.15) is 12.7 Å². The fourth-order valence-corrected chi connectivity index (χ4v) is 3.20. The molecular weight excluding hydrogens is 302 g/mol. The summed E-state index contributed by atoms with van der Waals surface area (Å²) in [6.07, 6.45) is 7.19. The molecule has 128 valence electrons. The molecule has 1 unspecified atom stereocenters. The highest BCUT2D eigenvalue weighted by atomic mass is 16.1. The fraction of sp³-hybridized carbons (Fsp3) is 0.500. The number of hydrogen-bond donors (Lipinski definition) is 1. The van der Waals surface area contributed by atoms with Crippen LogP contribution in [-0.2, 0) is 17.9 Å². The number of amides is 1. The van der Waals surface area contributed by atoms with Gasteiger partial charge in [-0.15, -0.1) is 0 Å². The molecule has 1 aliphatic rings. The first-order valence-corrected chi connectivity index (χ1v) is 8.68. The van der Waals surface area contributed by atoms with Crippen LogP contribution in [0.2, 0.25) is 0 Å². The second-order valence-electron chi connectivity index (χ2n) is 6.32. The lowest BCUT2D eigenvalue weighted by atomic mass is 10.0. The molecule has 6 nitrogen and oxygen atoms in total. The molecular formula is C18H25N5O. The second-order valence-corrected chi connectivity index (χ2v) is 6.32. The molecule has 1 amide bonds. The van der Waals surface area contributed by atoms with E-state index in [1.165, 1.54) is 24.7 Å². The third kappa shape index (κ3) is 4.89. The lowest BCUT2D eigenvalue weighted by molar-refractivity contribution is -0.121. The summed E-state index contributed by atoms with van der Waals surface area (Å²) in [5.74, 6) is 0.0794. The van der Waals surface area contributed by atoms with E-state index in [-0.39, 0.29) is 5.91 Å². The first kappa shape index (κ1) is 16.6. The number of piperidine rings is 1. The van der Waals surface area contributed by atoms with Crippen LogP contribution in [0.4, 0.5) is 0 Å². The zero-order valence-electron chi connectivity index (χ0n) is 14.0. The number of rotatable bonds is 7. The maximum atomic E-state index is 12.1. The number of nitrogens with one attached hydrogen (secondary N) is 1. The first-order chi connectivity index (χ1) is 11.8. The number of nitrogens with zero attached hydrogens (tertiary/aromatic N) is 4.